The average molecular weight is 280 g/mol. The highest BCUT2D eigenvalue weighted by molar-refractivity contribution is 6.02. The standard InChI is InChI=1S/C16H28N2O2/c1-5-12(6-2)18-14(20)16(10-8-9-11-16)17-13(19)15(18,4)7-3/h12H,5-11H2,1-4H3,(H,17,19). The van der Waals surface area contributed by atoms with E-state index in [1.165, 1.54) is 0 Å². The Morgan fingerprint density at radius 1 is 1.15 bits per heavy atom. The fraction of sp³-hybridized carbons (Fsp3) is 0.875. The zero-order chi connectivity index (χ0) is 15.0. The van der Waals surface area contributed by atoms with Crippen molar-refractivity contribution in [3.8, 4) is 0 Å². The van der Waals surface area contributed by atoms with E-state index < -0.39 is 11.1 Å². The molecule has 4 nitrogen and oxygen atoms in total. The molecule has 0 aromatic carbocycles. The maximum atomic E-state index is 13.1. The van der Waals surface area contributed by atoms with E-state index in [9.17, 15) is 9.59 Å². The summed E-state index contributed by atoms with van der Waals surface area (Å²) in [6, 6.07) is 0.163. The van der Waals surface area contributed by atoms with Crippen LogP contribution in [0, 0.1) is 0 Å². The molecule has 1 N–H and O–H groups in total. The molecule has 114 valence electrons. The second-order valence-electron chi connectivity index (χ2n) is 6.52. The SMILES string of the molecule is CCC(CC)N1C(=O)C2(CCCC2)NC(=O)C1(C)CC. The Labute approximate surface area is 122 Å². The number of carbonyl (C=O) groups excluding carboxylic acids is 2. The Morgan fingerprint density at radius 2 is 1.70 bits per heavy atom. The molecular formula is C16H28N2O2. The van der Waals surface area contributed by atoms with Crippen LogP contribution in [0.3, 0.4) is 0 Å². The van der Waals surface area contributed by atoms with Gasteiger partial charge in [-0.25, -0.2) is 0 Å². The molecule has 0 aromatic heterocycles. The minimum atomic E-state index is -0.693. The Morgan fingerprint density at radius 3 is 2.15 bits per heavy atom. The number of piperazine rings is 1. The van der Waals surface area contributed by atoms with Crippen molar-refractivity contribution in [1.82, 2.24) is 10.2 Å². The molecule has 2 rings (SSSR count). The van der Waals surface area contributed by atoms with Gasteiger partial charge in [-0.3, -0.25) is 9.59 Å². The van der Waals surface area contributed by atoms with Gasteiger partial charge in [0.25, 0.3) is 0 Å². The summed E-state index contributed by atoms with van der Waals surface area (Å²) in [7, 11) is 0. The lowest BCUT2D eigenvalue weighted by molar-refractivity contribution is -0.166. The molecule has 1 saturated heterocycles. The lowest BCUT2D eigenvalue weighted by atomic mass is 9.81. The van der Waals surface area contributed by atoms with Gasteiger partial charge in [0.15, 0.2) is 0 Å². The first-order valence-electron chi connectivity index (χ1n) is 8.11. The number of hydrogen-bond donors (Lipinski definition) is 1. The molecule has 2 fully saturated rings. The van der Waals surface area contributed by atoms with Crippen molar-refractivity contribution in [2.45, 2.75) is 89.8 Å². The van der Waals surface area contributed by atoms with Gasteiger partial charge in [-0.1, -0.05) is 33.6 Å². The quantitative estimate of drug-likeness (QED) is 0.860. The molecule has 1 spiro atoms. The summed E-state index contributed by atoms with van der Waals surface area (Å²) in [5.74, 6) is 0.195. The molecular weight excluding hydrogens is 252 g/mol. The zero-order valence-corrected chi connectivity index (χ0v) is 13.3. The number of nitrogens with zero attached hydrogens (tertiary/aromatic N) is 1. The van der Waals surface area contributed by atoms with Gasteiger partial charge < -0.3 is 10.2 Å². The van der Waals surface area contributed by atoms with Gasteiger partial charge in [0.1, 0.15) is 11.1 Å². The van der Waals surface area contributed by atoms with Crippen molar-refractivity contribution in [2.75, 3.05) is 0 Å². The van der Waals surface area contributed by atoms with E-state index in [2.05, 4.69) is 19.2 Å². The summed E-state index contributed by atoms with van der Waals surface area (Å²) in [4.78, 5) is 27.8. The van der Waals surface area contributed by atoms with Gasteiger partial charge in [0.05, 0.1) is 0 Å². The van der Waals surface area contributed by atoms with Gasteiger partial charge in [-0.05, 0) is 39.0 Å². The fourth-order valence-electron chi connectivity index (χ4n) is 3.84. The minimum absolute atomic E-state index is 0.0356. The van der Waals surface area contributed by atoms with Crippen molar-refractivity contribution in [2.24, 2.45) is 0 Å². The molecule has 0 radical (unpaired) electrons. The molecule has 0 bridgehead atoms. The monoisotopic (exact) mass is 280 g/mol. The van der Waals surface area contributed by atoms with Gasteiger partial charge in [-0.2, -0.15) is 0 Å². The van der Waals surface area contributed by atoms with Crippen LogP contribution in [0.4, 0.5) is 0 Å². The van der Waals surface area contributed by atoms with Crippen LogP contribution in [0.2, 0.25) is 0 Å². The van der Waals surface area contributed by atoms with E-state index in [1.807, 2.05) is 18.7 Å². The number of rotatable bonds is 4. The number of carbonyl (C=O) groups is 2. The van der Waals surface area contributed by atoms with Crippen molar-refractivity contribution in [3.63, 3.8) is 0 Å². The summed E-state index contributed by atoms with van der Waals surface area (Å²) >= 11 is 0. The predicted octanol–water partition coefficient (Wildman–Crippen LogP) is 2.61. The van der Waals surface area contributed by atoms with Crippen molar-refractivity contribution >= 4 is 11.8 Å². The summed E-state index contributed by atoms with van der Waals surface area (Å²) in [6.45, 7) is 8.12. The van der Waals surface area contributed by atoms with Crippen LogP contribution in [-0.4, -0.2) is 33.8 Å². The Kier molecular flexibility index (Phi) is 4.12. The van der Waals surface area contributed by atoms with E-state index in [4.69, 9.17) is 0 Å². The average Bonchev–Trinajstić information content (AvgIpc) is 2.91. The molecule has 0 aromatic rings. The van der Waals surface area contributed by atoms with Crippen LogP contribution in [0.1, 0.15) is 72.6 Å². The zero-order valence-electron chi connectivity index (χ0n) is 13.3. The van der Waals surface area contributed by atoms with Gasteiger partial charge in [-0.15, -0.1) is 0 Å². The molecule has 1 aliphatic heterocycles. The maximum absolute atomic E-state index is 13.1. The molecule has 1 atom stereocenters. The Hall–Kier alpha value is -1.06. The van der Waals surface area contributed by atoms with Crippen molar-refractivity contribution < 1.29 is 9.59 Å². The Balaban J connectivity index is 2.44. The summed E-state index contributed by atoms with van der Waals surface area (Å²) < 4.78 is 0. The summed E-state index contributed by atoms with van der Waals surface area (Å²) in [5.41, 5.74) is -1.30. The normalized spacial score (nSPS) is 29.4. The second kappa shape index (κ2) is 5.38. The molecule has 1 heterocycles. The van der Waals surface area contributed by atoms with Gasteiger partial charge in [0.2, 0.25) is 11.8 Å². The second-order valence-corrected chi connectivity index (χ2v) is 6.52. The van der Waals surface area contributed by atoms with E-state index >= 15 is 0 Å². The lowest BCUT2D eigenvalue weighted by Crippen LogP contribution is -2.75. The molecule has 4 heteroatoms. The molecule has 2 aliphatic rings. The van der Waals surface area contributed by atoms with Crippen molar-refractivity contribution in [1.29, 1.82) is 0 Å². The van der Waals surface area contributed by atoms with E-state index in [0.717, 1.165) is 38.5 Å². The molecule has 1 aliphatic carbocycles. The lowest BCUT2D eigenvalue weighted by Gasteiger charge is -2.53. The molecule has 20 heavy (non-hydrogen) atoms. The summed E-state index contributed by atoms with van der Waals surface area (Å²) in [6.07, 6.45) is 6.14. The minimum Gasteiger partial charge on any atom is -0.340 e. The smallest absolute Gasteiger partial charge is 0.249 e. The van der Waals surface area contributed by atoms with Crippen LogP contribution in [0.15, 0.2) is 0 Å². The third kappa shape index (κ3) is 2.04. The first-order valence-corrected chi connectivity index (χ1v) is 8.11. The van der Waals surface area contributed by atoms with E-state index in [-0.39, 0.29) is 17.9 Å². The fourth-order valence-corrected chi connectivity index (χ4v) is 3.84. The topological polar surface area (TPSA) is 49.4 Å². The molecule has 1 saturated carbocycles. The van der Waals surface area contributed by atoms with Crippen LogP contribution in [-0.2, 0) is 9.59 Å². The first-order chi connectivity index (χ1) is 9.45. The predicted molar refractivity (Wildman–Crippen MR) is 79.3 cm³/mol. The van der Waals surface area contributed by atoms with Gasteiger partial charge in [0, 0.05) is 6.04 Å². The number of nitrogens with one attached hydrogen (secondary N) is 1. The molecule has 2 amide bonds. The maximum Gasteiger partial charge on any atom is 0.249 e. The van der Waals surface area contributed by atoms with Crippen LogP contribution < -0.4 is 5.32 Å². The van der Waals surface area contributed by atoms with Crippen LogP contribution in [0.5, 0.6) is 0 Å². The number of amides is 2. The third-order valence-electron chi connectivity index (χ3n) is 5.46. The van der Waals surface area contributed by atoms with Gasteiger partial charge >= 0.3 is 0 Å². The van der Waals surface area contributed by atoms with Crippen LogP contribution in [0.25, 0.3) is 0 Å². The largest absolute Gasteiger partial charge is 0.340 e. The van der Waals surface area contributed by atoms with E-state index in [1.54, 1.807) is 0 Å². The summed E-state index contributed by atoms with van der Waals surface area (Å²) in [5, 5.41) is 3.09. The highest BCUT2D eigenvalue weighted by atomic mass is 16.2. The van der Waals surface area contributed by atoms with E-state index in [0.29, 0.717) is 6.42 Å². The molecule has 1 unspecified atom stereocenters. The Bertz CT molecular complexity index is 397. The highest BCUT2D eigenvalue weighted by Crippen LogP contribution is 2.40. The van der Waals surface area contributed by atoms with Crippen molar-refractivity contribution in [3.05, 3.63) is 0 Å². The third-order valence-corrected chi connectivity index (χ3v) is 5.46. The highest BCUT2D eigenvalue weighted by Gasteiger charge is 2.57. The number of hydrogen-bond acceptors (Lipinski definition) is 2. The van der Waals surface area contributed by atoms with Crippen LogP contribution >= 0.6 is 0 Å². The first kappa shape index (κ1) is 15.3.